The molecule has 34 heavy (non-hydrogen) atoms. The average Bonchev–Trinajstić information content (AvgIpc) is 2.59. The zero-order valence-electron chi connectivity index (χ0n) is 23.7. The van der Waals surface area contributed by atoms with Crippen LogP contribution in [-0.2, 0) is 26.5 Å². The van der Waals surface area contributed by atoms with Gasteiger partial charge >= 0.3 is 0 Å². The van der Waals surface area contributed by atoms with Gasteiger partial charge in [0.2, 0.25) is 0 Å². The van der Waals surface area contributed by atoms with E-state index < -0.39 is 5.92 Å². The van der Waals surface area contributed by atoms with E-state index in [1.54, 1.807) is 6.92 Å². The zero-order chi connectivity index (χ0) is 26.6. The van der Waals surface area contributed by atoms with E-state index in [0.717, 1.165) is 33.4 Å². The Morgan fingerprint density at radius 2 is 0.765 bits per heavy atom. The predicted octanol–water partition coefficient (Wildman–Crippen LogP) is 8.01. The van der Waals surface area contributed by atoms with Crippen LogP contribution >= 0.6 is 0 Å². The number of phenols is 2. The molecular weight excluding hydrogens is 420 g/mol. The minimum Gasteiger partial charge on any atom is -0.507 e. The summed E-state index contributed by atoms with van der Waals surface area (Å²) >= 11 is 0. The van der Waals surface area contributed by atoms with E-state index in [2.05, 4.69) is 83.1 Å². The molecule has 0 radical (unpaired) electrons. The largest absolute Gasteiger partial charge is 0.507 e. The third-order valence-electron chi connectivity index (χ3n) is 6.57. The number of carbonyl (C=O) groups excluding carboxylic acids is 1. The third kappa shape index (κ3) is 5.67. The van der Waals surface area contributed by atoms with Crippen LogP contribution in [0.15, 0.2) is 24.3 Å². The van der Waals surface area contributed by atoms with Gasteiger partial charge in [-0.3, -0.25) is 4.79 Å². The molecule has 0 amide bonds. The van der Waals surface area contributed by atoms with Crippen molar-refractivity contribution in [1.82, 2.24) is 0 Å². The van der Waals surface area contributed by atoms with E-state index in [9.17, 15) is 15.0 Å². The SMILES string of the molecule is CC(=O)C(c1cc(C(C)(C)C)c(O)c(C(C)(C)C)c1)c1cc(C(C)(C)C)c(O)c(C(C)(C)C)c1. The van der Waals surface area contributed by atoms with Gasteiger partial charge in [-0.25, -0.2) is 0 Å². The van der Waals surface area contributed by atoms with Crippen molar-refractivity contribution in [3.8, 4) is 11.5 Å². The van der Waals surface area contributed by atoms with Crippen LogP contribution in [-0.4, -0.2) is 16.0 Å². The standard InChI is InChI=1S/C31H46O3/c1-18(32)25(19-14-21(28(2,3)4)26(33)22(15-19)29(5,6)7)20-16-23(30(8,9)10)27(34)24(17-20)31(11,12)13/h14-17,25,33-34H,1-13H3. The molecule has 188 valence electrons. The molecule has 0 heterocycles. The monoisotopic (exact) mass is 466 g/mol. The van der Waals surface area contributed by atoms with E-state index in [0.29, 0.717) is 11.5 Å². The summed E-state index contributed by atoms with van der Waals surface area (Å²) in [6.45, 7) is 26.6. The summed E-state index contributed by atoms with van der Waals surface area (Å²) in [5, 5.41) is 22.4. The third-order valence-corrected chi connectivity index (χ3v) is 6.57. The topological polar surface area (TPSA) is 57.5 Å². The first kappa shape index (κ1) is 28.0. The quantitative estimate of drug-likeness (QED) is 0.481. The molecule has 0 saturated carbocycles. The summed E-state index contributed by atoms with van der Waals surface area (Å²) in [7, 11) is 0. The van der Waals surface area contributed by atoms with Crippen molar-refractivity contribution in [2.45, 2.75) is 118 Å². The molecular formula is C31H46O3. The lowest BCUT2D eigenvalue weighted by Gasteiger charge is -2.31. The van der Waals surface area contributed by atoms with Crippen LogP contribution in [0.2, 0.25) is 0 Å². The van der Waals surface area contributed by atoms with E-state index in [-0.39, 0.29) is 27.4 Å². The zero-order valence-corrected chi connectivity index (χ0v) is 23.7. The Morgan fingerprint density at radius 3 is 0.912 bits per heavy atom. The Kier molecular flexibility index (Phi) is 7.18. The van der Waals surface area contributed by atoms with E-state index in [4.69, 9.17) is 0 Å². The van der Waals surface area contributed by atoms with E-state index in [1.165, 1.54) is 0 Å². The van der Waals surface area contributed by atoms with Crippen molar-refractivity contribution in [2.75, 3.05) is 0 Å². The Morgan fingerprint density at radius 1 is 0.559 bits per heavy atom. The predicted molar refractivity (Wildman–Crippen MR) is 144 cm³/mol. The van der Waals surface area contributed by atoms with Gasteiger partial charge in [-0.1, -0.05) is 107 Å². The van der Waals surface area contributed by atoms with Gasteiger partial charge in [0.15, 0.2) is 0 Å². The molecule has 0 spiro atoms. The summed E-state index contributed by atoms with van der Waals surface area (Å²) in [4.78, 5) is 13.2. The summed E-state index contributed by atoms with van der Waals surface area (Å²) in [6, 6.07) is 7.99. The van der Waals surface area contributed by atoms with Crippen molar-refractivity contribution in [1.29, 1.82) is 0 Å². The number of carbonyl (C=O) groups is 1. The second kappa shape index (κ2) is 8.73. The molecule has 0 aliphatic heterocycles. The molecule has 0 aliphatic carbocycles. The van der Waals surface area contributed by atoms with Crippen molar-refractivity contribution in [3.05, 3.63) is 57.6 Å². The van der Waals surface area contributed by atoms with E-state index in [1.807, 2.05) is 24.3 Å². The molecule has 2 rings (SSSR count). The summed E-state index contributed by atoms with van der Waals surface area (Å²) in [5.74, 6) is 0.159. The maximum absolute atomic E-state index is 13.2. The molecule has 0 fully saturated rings. The van der Waals surface area contributed by atoms with Gasteiger partial charge in [0, 0.05) is 0 Å². The fraction of sp³-hybridized carbons (Fsp3) is 0.581. The number of rotatable bonds is 3. The Hall–Kier alpha value is -2.29. The Labute approximate surface area is 207 Å². The molecule has 0 aromatic heterocycles. The molecule has 3 heteroatoms. The highest BCUT2D eigenvalue weighted by molar-refractivity contribution is 5.87. The lowest BCUT2D eigenvalue weighted by atomic mass is 9.73. The number of hydrogen-bond donors (Lipinski definition) is 2. The maximum atomic E-state index is 13.2. The van der Waals surface area contributed by atoms with Crippen LogP contribution in [0.4, 0.5) is 0 Å². The van der Waals surface area contributed by atoms with Crippen LogP contribution in [0.5, 0.6) is 11.5 Å². The number of hydrogen-bond acceptors (Lipinski definition) is 3. The number of ketones is 1. The van der Waals surface area contributed by atoms with Crippen LogP contribution < -0.4 is 0 Å². The van der Waals surface area contributed by atoms with Crippen molar-refractivity contribution < 1.29 is 15.0 Å². The molecule has 0 atom stereocenters. The molecule has 3 nitrogen and oxygen atoms in total. The fourth-order valence-electron chi connectivity index (χ4n) is 4.60. The van der Waals surface area contributed by atoms with Gasteiger partial charge in [-0.15, -0.1) is 0 Å². The molecule has 0 bridgehead atoms. The smallest absolute Gasteiger partial charge is 0.141 e. The van der Waals surface area contributed by atoms with Crippen molar-refractivity contribution >= 4 is 5.78 Å². The average molecular weight is 467 g/mol. The lowest BCUT2D eigenvalue weighted by Crippen LogP contribution is -2.22. The van der Waals surface area contributed by atoms with Crippen LogP contribution in [0.25, 0.3) is 0 Å². The van der Waals surface area contributed by atoms with Gasteiger partial charge < -0.3 is 10.2 Å². The summed E-state index contributed by atoms with van der Waals surface area (Å²) in [6.07, 6.45) is 0. The second-order valence-electron chi connectivity index (χ2n) is 14.0. The molecule has 2 N–H and O–H groups in total. The molecule has 2 aromatic carbocycles. The van der Waals surface area contributed by atoms with Crippen LogP contribution in [0.3, 0.4) is 0 Å². The maximum Gasteiger partial charge on any atom is 0.141 e. The van der Waals surface area contributed by atoms with Gasteiger partial charge in [0.25, 0.3) is 0 Å². The first-order valence-electron chi connectivity index (χ1n) is 12.3. The van der Waals surface area contributed by atoms with Gasteiger partial charge in [0.1, 0.15) is 17.3 Å². The van der Waals surface area contributed by atoms with Crippen molar-refractivity contribution in [3.63, 3.8) is 0 Å². The molecule has 0 aliphatic rings. The highest BCUT2D eigenvalue weighted by Crippen LogP contribution is 2.45. The number of Topliss-reactive ketones (excluding diaryl/α,β-unsaturated/α-hetero) is 1. The van der Waals surface area contributed by atoms with Crippen LogP contribution in [0, 0.1) is 0 Å². The first-order chi connectivity index (χ1) is 15.1. The first-order valence-corrected chi connectivity index (χ1v) is 12.3. The number of phenolic OH excluding ortho intramolecular Hbond substituents is 2. The minimum absolute atomic E-state index is 0.0378. The minimum atomic E-state index is -0.495. The van der Waals surface area contributed by atoms with Gasteiger partial charge in [0.05, 0.1) is 5.92 Å². The second-order valence-corrected chi connectivity index (χ2v) is 14.0. The van der Waals surface area contributed by atoms with Crippen molar-refractivity contribution in [2.24, 2.45) is 0 Å². The molecule has 2 aromatic rings. The summed E-state index contributed by atoms with van der Waals surface area (Å²) in [5.41, 5.74) is 3.97. The Balaban J connectivity index is 2.99. The molecule has 0 saturated heterocycles. The summed E-state index contributed by atoms with van der Waals surface area (Å²) < 4.78 is 0. The van der Waals surface area contributed by atoms with Crippen LogP contribution in [0.1, 0.15) is 129 Å². The number of aromatic hydroxyl groups is 2. The van der Waals surface area contributed by atoms with Gasteiger partial charge in [-0.05, 0) is 62.0 Å². The highest BCUT2D eigenvalue weighted by atomic mass is 16.3. The highest BCUT2D eigenvalue weighted by Gasteiger charge is 2.33. The lowest BCUT2D eigenvalue weighted by molar-refractivity contribution is -0.117. The normalized spacial score (nSPS) is 13.5. The van der Waals surface area contributed by atoms with E-state index >= 15 is 0 Å². The van der Waals surface area contributed by atoms with Gasteiger partial charge in [-0.2, -0.15) is 0 Å². The fourth-order valence-corrected chi connectivity index (χ4v) is 4.60. The molecule has 0 unspecified atom stereocenters. The number of benzene rings is 2. The Bertz CT molecular complexity index is 926.